The van der Waals surface area contributed by atoms with Crippen LogP contribution in [0, 0.1) is 0 Å². The molecule has 0 fully saturated rings. The molecule has 3 heterocycles. The molecule has 2 aromatic rings. The second-order valence-corrected chi connectivity index (χ2v) is 7.84. The van der Waals surface area contributed by atoms with Crippen LogP contribution in [0.2, 0.25) is 4.34 Å². The Morgan fingerprint density at radius 2 is 2.19 bits per heavy atom. The van der Waals surface area contributed by atoms with Crippen LogP contribution in [0.3, 0.4) is 0 Å². The summed E-state index contributed by atoms with van der Waals surface area (Å²) in [4.78, 5) is 27.9. The molecule has 0 unspecified atom stereocenters. The van der Waals surface area contributed by atoms with Crippen molar-refractivity contribution in [1.29, 1.82) is 0 Å². The average molecular weight is 410 g/mol. The van der Waals surface area contributed by atoms with E-state index in [2.05, 4.69) is 10.6 Å². The van der Waals surface area contributed by atoms with Gasteiger partial charge in [0.05, 0.1) is 22.8 Å². The van der Waals surface area contributed by atoms with Gasteiger partial charge in [0.15, 0.2) is 0 Å². The number of ether oxygens (including phenoxy) is 1. The van der Waals surface area contributed by atoms with E-state index in [0.29, 0.717) is 30.1 Å². The van der Waals surface area contributed by atoms with Crippen molar-refractivity contribution >= 4 is 34.9 Å². The molecule has 0 aromatic carbocycles. The van der Waals surface area contributed by atoms with E-state index in [4.69, 9.17) is 20.8 Å². The van der Waals surface area contributed by atoms with Crippen molar-refractivity contribution in [3.63, 3.8) is 0 Å². The first-order valence-electron chi connectivity index (χ1n) is 8.41. The molecule has 1 atom stereocenters. The first-order valence-corrected chi connectivity index (χ1v) is 9.61. The van der Waals surface area contributed by atoms with Crippen molar-refractivity contribution in [2.24, 2.45) is 0 Å². The Labute approximate surface area is 165 Å². The third kappa shape index (κ3) is 4.71. The minimum Gasteiger partial charge on any atom is -0.467 e. The molecule has 144 valence electrons. The van der Waals surface area contributed by atoms with E-state index in [9.17, 15) is 9.59 Å². The molecule has 2 aromatic heterocycles. The van der Waals surface area contributed by atoms with Crippen LogP contribution in [0.1, 0.15) is 23.6 Å². The number of carbonyl (C=O) groups is 2. The highest BCUT2D eigenvalue weighted by molar-refractivity contribution is 7.16. The normalized spacial score (nSPS) is 17.0. The zero-order valence-corrected chi connectivity index (χ0v) is 16.5. The Morgan fingerprint density at radius 3 is 2.81 bits per heavy atom. The molecule has 27 heavy (non-hydrogen) atoms. The van der Waals surface area contributed by atoms with E-state index in [1.807, 2.05) is 24.1 Å². The van der Waals surface area contributed by atoms with Crippen molar-refractivity contribution in [3.05, 3.63) is 56.8 Å². The molecular weight excluding hydrogens is 390 g/mol. The highest BCUT2D eigenvalue weighted by Gasteiger charge is 2.35. The summed E-state index contributed by atoms with van der Waals surface area (Å²) >= 11 is 7.48. The van der Waals surface area contributed by atoms with Crippen LogP contribution in [-0.2, 0) is 16.1 Å². The Morgan fingerprint density at radius 1 is 1.37 bits per heavy atom. The fourth-order valence-electron chi connectivity index (χ4n) is 2.89. The van der Waals surface area contributed by atoms with Gasteiger partial charge in [-0.25, -0.2) is 9.59 Å². The fraction of sp³-hybridized carbons (Fsp3) is 0.333. The molecule has 0 saturated heterocycles. The summed E-state index contributed by atoms with van der Waals surface area (Å²) in [6, 6.07) is 6.12. The lowest BCUT2D eigenvalue weighted by Crippen LogP contribution is -2.48. The van der Waals surface area contributed by atoms with Crippen molar-refractivity contribution in [2.45, 2.75) is 19.5 Å². The van der Waals surface area contributed by atoms with Crippen molar-refractivity contribution in [1.82, 2.24) is 15.5 Å². The number of rotatable bonds is 7. The van der Waals surface area contributed by atoms with E-state index < -0.39 is 18.0 Å². The maximum atomic E-state index is 12.6. The number of nitrogens with zero attached hydrogens (tertiary/aromatic N) is 1. The fourth-order valence-corrected chi connectivity index (χ4v) is 4.06. The molecule has 0 spiro atoms. The average Bonchev–Trinajstić information content (AvgIpc) is 3.26. The maximum absolute atomic E-state index is 12.6. The van der Waals surface area contributed by atoms with Gasteiger partial charge in [-0.2, -0.15) is 0 Å². The quantitative estimate of drug-likeness (QED) is 0.685. The lowest BCUT2D eigenvalue weighted by Gasteiger charge is -2.29. The topological polar surface area (TPSA) is 83.8 Å². The zero-order valence-electron chi connectivity index (χ0n) is 15.0. The summed E-state index contributed by atoms with van der Waals surface area (Å²) in [5, 5.41) is 5.47. The zero-order chi connectivity index (χ0) is 19.4. The number of thiophene rings is 1. The number of hydrogen-bond acceptors (Lipinski definition) is 6. The summed E-state index contributed by atoms with van der Waals surface area (Å²) in [6.07, 6.45) is 1.50. The largest absolute Gasteiger partial charge is 0.467 e. The van der Waals surface area contributed by atoms with Gasteiger partial charge in [-0.05, 0) is 38.2 Å². The molecule has 0 bridgehead atoms. The highest BCUT2D eigenvalue weighted by atomic mass is 35.5. The SMILES string of the molecule is CCOC(=O)C1=C(CN(C)Cc2ccc(Cl)s2)NC(=O)N[C@H]1c1ccco1. The molecule has 2 N–H and O–H groups in total. The van der Waals surface area contributed by atoms with Gasteiger partial charge in [0.1, 0.15) is 11.8 Å². The summed E-state index contributed by atoms with van der Waals surface area (Å²) in [6.45, 7) is 2.96. The summed E-state index contributed by atoms with van der Waals surface area (Å²) in [7, 11) is 1.90. The lowest BCUT2D eigenvalue weighted by molar-refractivity contribution is -0.139. The van der Waals surface area contributed by atoms with E-state index >= 15 is 0 Å². The van der Waals surface area contributed by atoms with Gasteiger partial charge in [0.25, 0.3) is 0 Å². The number of nitrogens with one attached hydrogen (secondary N) is 2. The Kier molecular flexibility index (Phi) is 6.20. The van der Waals surface area contributed by atoms with E-state index in [1.54, 1.807) is 19.1 Å². The third-order valence-electron chi connectivity index (χ3n) is 3.96. The highest BCUT2D eigenvalue weighted by Crippen LogP contribution is 2.29. The first kappa shape index (κ1) is 19.5. The molecule has 9 heteroatoms. The van der Waals surface area contributed by atoms with Gasteiger partial charge < -0.3 is 19.8 Å². The number of carbonyl (C=O) groups excluding carboxylic acids is 2. The number of halogens is 1. The number of esters is 1. The Balaban J connectivity index is 1.89. The third-order valence-corrected chi connectivity index (χ3v) is 5.18. The smallest absolute Gasteiger partial charge is 0.338 e. The van der Waals surface area contributed by atoms with Crippen LogP contribution in [-0.4, -0.2) is 37.1 Å². The van der Waals surface area contributed by atoms with Crippen LogP contribution in [0.15, 0.2) is 46.2 Å². The molecule has 0 aliphatic carbocycles. The van der Waals surface area contributed by atoms with Gasteiger partial charge in [0.2, 0.25) is 0 Å². The van der Waals surface area contributed by atoms with Crippen LogP contribution in [0.25, 0.3) is 0 Å². The number of furan rings is 1. The van der Waals surface area contributed by atoms with Crippen LogP contribution >= 0.6 is 22.9 Å². The van der Waals surface area contributed by atoms with Gasteiger partial charge >= 0.3 is 12.0 Å². The second-order valence-electron chi connectivity index (χ2n) is 6.04. The molecule has 0 saturated carbocycles. The summed E-state index contributed by atoms with van der Waals surface area (Å²) < 4.78 is 11.4. The van der Waals surface area contributed by atoms with Gasteiger partial charge in [-0.1, -0.05) is 11.6 Å². The maximum Gasteiger partial charge on any atom is 0.338 e. The van der Waals surface area contributed by atoms with Gasteiger partial charge in [-0.3, -0.25) is 4.90 Å². The van der Waals surface area contributed by atoms with Crippen LogP contribution < -0.4 is 10.6 Å². The van der Waals surface area contributed by atoms with Gasteiger partial charge in [-0.15, -0.1) is 11.3 Å². The molecule has 1 aliphatic heterocycles. The standard InChI is InChI=1S/C18H20ClN3O4S/c1-3-25-17(23)15-12(10-22(2)9-11-6-7-14(19)27-11)20-18(24)21-16(15)13-5-4-8-26-13/h4-8,16H,3,9-10H2,1-2H3,(H2,20,21,24)/t16-/m0/s1. The Hall–Kier alpha value is -2.29. The number of amides is 2. The number of urea groups is 1. The lowest BCUT2D eigenvalue weighted by atomic mass is 10.00. The summed E-state index contributed by atoms with van der Waals surface area (Å²) in [5.41, 5.74) is 0.825. The second kappa shape index (κ2) is 8.60. The molecule has 3 rings (SSSR count). The Bertz CT molecular complexity index is 847. The van der Waals surface area contributed by atoms with E-state index in [-0.39, 0.29) is 6.61 Å². The minimum atomic E-state index is -0.701. The monoisotopic (exact) mass is 409 g/mol. The molecule has 1 aliphatic rings. The van der Waals surface area contributed by atoms with Crippen LogP contribution in [0.5, 0.6) is 0 Å². The van der Waals surface area contributed by atoms with Crippen molar-refractivity contribution < 1.29 is 18.7 Å². The van der Waals surface area contributed by atoms with Gasteiger partial charge in [0, 0.05) is 23.7 Å². The minimum absolute atomic E-state index is 0.234. The van der Waals surface area contributed by atoms with Crippen molar-refractivity contribution in [2.75, 3.05) is 20.2 Å². The predicted molar refractivity (Wildman–Crippen MR) is 102 cm³/mol. The number of likely N-dealkylation sites (N-methyl/N-ethyl adjacent to an activating group) is 1. The van der Waals surface area contributed by atoms with E-state index in [0.717, 1.165) is 9.21 Å². The molecule has 2 amide bonds. The molecule has 0 radical (unpaired) electrons. The van der Waals surface area contributed by atoms with Crippen molar-refractivity contribution in [3.8, 4) is 0 Å². The first-order chi connectivity index (χ1) is 13.0. The molecular formula is C18H20ClN3O4S. The van der Waals surface area contributed by atoms with Crippen LogP contribution in [0.4, 0.5) is 4.79 Å². The number of hydrogen-bond donors (Lipinski definition) is 2. The predicted octanol–water partition coefficient (Wildman–Crippen LogP) is 3.30. The van der Waals surface area contributed by atoms with E-state index in [1.165, 1.54) is 17.6 Å². The summed E-state index contributed by atoms with van der Waals surface area (Å²) in [5.74, 6) is -0.0212. The molecule has 7 nitrogen and oxygen atoms in total.